The molecule has 4 rings (SSSR count). The van der Waals surface area contributed by atoms with E-state index in [4.69, 9.17) is 0 Å². The Morgan fingerprint density at radius 1 is 1.07 bits per heavy atom. The first-order valence-electron chi connectivity index (χ1n) is 9.96. The fourth-order valence-electron chi connectivity index (χ4n) is 3.79. The molecule has 2 aromatic carbocycles. The average molecular weight is 389 g/mol. The number of carbonyl (C=O) groups is 1. The summed E-state index contributed by atoms with van der Waals surface area (Å²) >= 11 is 0. The van der Waals surface area contributed by atoms with Crippen LogP contribution in [0.25, 0.3) is 11.1 Å². The van der Waals surface area contributed by atoms with Gasteiger partial charge in [-0.25, -0.2) is 4.39 Å². The van der Waals surface area contributed by atoms with Crippen LogP contribution in [0.5, 0.6) is 0 Å². The molecular formula is C24H24FN3O. The molecule has 1 aliphatic rings. The third-order valence-corrected chi connectivity index (χ3v) is 5.30. The van der Waals surface area contributed by atoms with Crippen LogP contribution in [-0.2, 0) is 11.3 Å². The van der Waals surface area contributed by atoms with Crippen LogP contribution in [0.15, 0.2) is 72.9 Å². The Labute approximate surface area is 170 Å². The van der Waals surface area contributed by atoms with Gasteiger partial charge in [0, 0.05) is 25.0 Å². The summed E-state index contributed by atoms with van der Waals surface area (Å²) in [5.41, 5.74) is 3.53. The van der Waals surface area contributed by atoms with Crippen LogP contribution in [0.3, 0.4) is 0 Å². The van der Waals surface area contributed by atoms with Crippen molar-refractivity contribution in [2.75, 3.05) is 18.4 Å². The predicted molar refractivity (Wildman–Crippen MR) is 113 cm³/mol. The van der Waals surface area contributed by atoms with Crippen molar-refractivity contribution in [3.05, 3.63) is 84.4 Å². The third kappa shape index (κ3) is 5.06. The molecule has 0 saturated carbocycles. The molecule has 1 N–H and O–H groups in total. The second-order valence-electron chi connectivity index (χ2n) is 7.47. The number of piperidine rings is 1. The molecule has 3 aromatic rings. The fraction of sp³-hybridized carbons (Fsp3) is 0.250. The number of hydrogen-bond acceptors (Lipinski definition) is 3. The minimum Gasteiger partial charge on any atom is -0.326 e. The lowest BCUT2D eigenvalue weighted by molar-refractivity contribution is -0.121. The van der Waals surface area contributed by atoms with E-state index in [2.05, 4.69) is 15.2 Å². The van der Waals surface area contributed by atoms with Crippen molar-refractivity contribution < 1.29 is 9.18 Å². The highest BCUT2D eigenvalue weighted by molar-refractivity contribution is 5.93. The summed E-state index contributed by atoms with van der Waals surface area (Å²) in [5.74, 6) is -0.239. The van der Waals surface area contributed by atoms with Gasteiger partial charge in [0.05, 0.1) is 11.6 Å². The molecule has 1 aromatic heterocycles. The Morgan fingerprint density at radius 3 is 2.69 bits per heavy atom. The summed E-state index contributed by atoms with van der Waals surface area (Å²) in [6, 6.07) is 20.0. The van der Waals surface area contributed by atoms with Crippen molar-refractivity contribution in [3.63, 3.8) is 0 Å². The number of nitrogens with one attached hydrogen (secondary N) is 1. The molecule has 148 valence electrons. The highest BCUT2D eigenvalue weighted by Gasteiger charge is 2.26. The maximum Gasteiger partial charge on any atom is 0.228 e. The van der Waals surface area contributed by atoms with Crippen molar-refractivity contribution in [3.8, 4) is 11.1 Å². The molecule has 0 unspecified atom stereocenters. The van der Waals surface area contributed by atoms with Gasteiger partial charge in [-0.2, -0.15) is 0 Å². The lowest BCUT2D eigenvalue weighted by atomic mass is 9.96. The Hall–Kier alpha value is -3.05. The first kappa shape index (κ1) is 19.3. The van der Waals surface area contributed by atoms with Crippen molar-refractivity contribution in [2.24, 2.45) is 5.92 Å². The summed E-state index contributed by atoms with van der Waals surface area (Å²) in [4.78, 5) is 19.4. The smallest absolute Gasteiger partial charge is 0.228 e. The molecule has 0 spiro atoms. The molecule has 1 amide bonds. The minimum absolute atomic E-state index is 0.0321. The first-order valence-corrected chi connectivity index (χ1v) is 9.96. The number of rotatable bonds is 5. The summed E-state index contributed by atoms with van der Waals surface area (Å²) in [6.45, 7) is 2.50. The van der Waals surface area contributed by atoms with Crippen molar-refractivity contribution >= 4 is 11.6 Å². The number of aromatic nitrogens is 1. The first-order chi connectivity index (χ1) is 14.2. The van der Waals surface area contributed by atoms with Crippen LogP contribution in [0.4, 0.5) is 10.1 Å². The van der Waals surface area contributed by atoms with E-state index in [1.165, 1.54) is 12.1 Å². The van der Waals surface area contributed by atoms with Gasteiger partial charge >= 0.3 is 0 Å². The number of benzene rings is 2. The summed E-state index contributed by atoms with van der Waals surface area (Å²) < 4.78 is 13.4. The highest BCUT2D eigenvalue weighted by atomic mass is 19.1. The van der Waals surface area contributed by atoms with E-state index >= 15 is 0 Å². The van der Waals surface area contributed by atoms with E-state index < -0.39 is 0 Å². The van der Waals surface area contributed by atoms with Crippen molar-refractivity contribution in [2.45, 2.75) is 19.4 Å². The topological polar surface area (TPSA) is 45.2 Å². The van der Waals surface area contributed by atoms with E-state index in [1.807, 2.05) is 48.5 Å². The summed E-state index contributed by atoms with van der Waals surface area (Å²) in [7, 11) is 0. The van der Waals surface area contributed by atoms with Crippen molar-refractivity contribution in [1.82, 2.24) is 9.88 Å². The second kappa shape index (κ2) is 8.97. The molecule has 1 aliphatic heterocycles. The molecule has 5 heteroatoms. The Balaban J connectivity index is 1.36. The molecular weight excluding hydrogens is 365 g/mol. The zero-order valence-electron chi connectivity index (χ0n) is 16.2. The number of nitrogens with zero attached hydrogens (tertiary/aromatic N) is 2. The molecule has 0 aliphatic carbocycles. The van der Waals surface area contributed by atoms with Gasteiger partial charge in [0.2, 0.25) is 5.91 Å². The average Bonchev–Trinajstić information content (AvgIpc) is 2.75. The van der Waals surface area contributed by atoms with Gasteiger partial charge < -0.3 is 5.32 Å². The molecule has 4 nitrogen and oxygen atoms in total. The van der Waals surface area contributed by atoms with Crippen LogP contribution in [0.2, 0.25) is 0 Å². The van der Waals surface area contributed by atoms with Gasteiger partial charge in [0.25, 0.3) is 0 Å². The fourth-order valence-corrected chi connectivity index (χ4v) is 3.79. The lowest BCUT2D eigenvalue weighted by Gasteiger charge is -2.31. The largest absolute Gasteiger partial charge is 0.326 e. The molecule has 1 saturated heterocycles. The van der Waals surface area contributed by atoms with Gasteiger partial charge in [-0.3, -0.25) is 14.7 Å². The van der Waals surface area contributed by atoms with Gasteiger partial charge in [-0.05, 0) is 66.9 Å². The zero-order chi connectivity index (χ0) is 20.1. The Kier molecular flexibility index (Phi) is 5.96. The Bertz CT molecular complexity index is 959. The maximum atomic E-state index is 13.4. The van der Waals surface area contributed by atoms with Gasteiger partial charge in [-0.1, -0.05) is 30.3 Å². The van der Waals surface area contributed by atoms with E-state index in [1.54, 1.807) is 12.3 Å². The Morgan fingerprint density at radius 2 is 1.93 bits per heavy atom. The molecule has 0 bridgehead atoms. The monoisotopic (exact) mass is 389 g/mol. The van der Waals surface area contributed by atoms with E-state index in [9.17, 15) is 9.18 Å². The van der Waals surface area contributed by atoms with Gasteiger partial charge in [0.15, 0.2) is 0 Å². The predicted octanol–water partition coefficient (Wildman–Crippen LogP) is 4.74. The zero-order valence-corrected chi connectivity index (χ0v) is 16.2. The number of likely N-dealkylation sites (tertiary alicyclic amines) is 1. The molecule has 29 heavy (non-hydrogen) atoms. The van der Waals surface area contributed by atoms with Crippen LogP contribution >= 0.6 is 0 Å². The summed E-state index contributed by atoms with van der Waals surface area (Å²) in [5, 5.41) is 3.03. The van der Waals surface area contributed by atoms with Crippen LogP contribution in [-0.4, -0.2) is 28.9 Å². The molecule has 1 atom stereocenters. The van der Waals surface area contributed by atoms with Gasteiger partial charge in [0.1, 0.15) is 5.82 Å². The number of halogens is 1. The SMILES string of the molecule is O=C(Nc1ccc(-c2cccc(F)c2)cc1)[C@@H]1CCCN(Cc2ccccn2)C1. The number of anilines is 1. The van der Waals surface area contributed by atoms with Crippen molar-refractivity contribution in [1.29, 1.82) is 0 Å². The third-order valence-electron chi connectivity index (χ3n) is 5.30. The van der Waals surface area contributed by atoms with Gasteiger partial charge in [-0.15, -0.1) is 0 Å². The molecule has 1 fully saturated rings. The number of pyridine rings is 1. The van der Waals surface area contributed by atoms with Crippen LogP contribution in [0, 0.1) is 11.7 Å². The maximum absolute atomic E-state index is 13.4. The number of amides is 1. The number of hydrogen-bond donors (Lipinski definition) is 1. The van der Waals surface area contributed by atoms with E-state index in [0.717, 1.165) is 55.0 Å². The van der Waals surface area contributed by atoms with Crippen LogP contribution < -0.4 is 5.32 Å². The molecule has 2 heterocycles. The lowest BCUT2D eigenvalue weighted by Crippen LogP contribution is -2.40. The van der Waals surface area contributed by atoms with E-state index in [0.29, 0.717) is 0 Å². The van der Waals surface area contributed by atoms with Crippen LogP contribution in [0.1, 0.15) is 18.5 Å². The quantitative estimate of drug-likeness (QED) is 0.686. The summed E-state index contributed by atoms with van der Waals surface area (Å²) in [6.07, 6.45) is 3.70. The minimum atomic E-state index is -0.257. The number of carbonyl (C=O) groups excluding carboxylic acids is 1. The molecule has 0 radical (unpaired) electrons. The normalized spacial score (nSPS) is 17.1. The second-order valence-corrected chi connectivity index (χ2v) is 7.47. The standard InChI is InChI=1S/C24H24FN3O/c25-21-7-3-5-19(15-21)18-9-11-22(12-10-18)27-24(29)20-6-4-14-28(16-20)17-23-8-1-2-13-26-23/h1-3,5,7-13,15,20H,4,6,14,16-17H2,(H,27,29)/t20-/m1/s1. The van der Waals surface area contributed by atoms with E-state index in [-0.39, 0.29) is 17.6 Å². The highest BCUT2D eigenvalue weighted by Crippen LogP contribution is 2.24.